The van der Waals surface area contributed by atoms with E-state index in [1.165, 1.54) is 4.68 Å². The zero-order valence-corrected chi connectivity index (χ0v) is 15.2. The van der Waals surface area contributed by atoms with Gasteiger partial charge in [-0.3, -0.25) is 4.79 Å². The van der Waals surface area contributed by atoms with Gasteiger partial charge < -0.3 is 19.8 Å². The van der Waals surface area contributed by atoms with Crippen LogP contribution in [0, 0.1) is 0 Å². The van der Waals surface area contributed by atoms with Crippen LogP contribution in [0.4, 0.5) is 0 Å². The molecule has 0 spiro atoms. The lowest BCUT2D eigenvalue weighted by molar-refractivity contribution is -0.136. The quantitative estimate of drug-likeness (QED) is 0.717. The summed E-state index contributed by atoms with van der Waals surface area (Å²) in [5.74, 6) is 0.625. The zero-order valence-electron chi connectivity index (χ0n) is 15.2. The number of benzene rings is 2. The minimum absolute atomic E-state index is 0.0235. The van der Waals surface area contributed by atoms with E-state index in [0.717, 1.165) is 0 Å². The number of amides is 1. The minimum Gasteiger partial charge on any atom is -0.507 e. The van der Waals surface area contributed by atoms with E-state index in [9.17, 15) is 15.0 Å². The van der Waals surface area contributed by atoms with Gasteiger partial charge in [0, 0.05) is 13.1 Å². The van der Waals surface area contributed by atoms with Crippen molar-refractivity contribution in [3.05, 3.63) is 48.5 Å². The molecule has 0 bridgehead atoms. The fraction of sp³-hybridized carbons (Fsp3) is 0.250. The largest absolute Gasteiger partial charge is 0.507 e. The van der Waals surface area contributed by atoms with Crippen LogP contribution in [0.5, 0.6) is 11.5 Å². The molecule has 2 heterocycles. The molecule has 1 aromatic heterocycles. The van der Waals surface area contributed by atoms with Crippen molar-refractivity contribution < 1.29 is 19.7 Å². The smallest absolute Gasteiger partial charge is 0.244 e. The lowest BCUT2D eigenvalue weighted by Crippen LogP contribution is -2.42. The normalized spacial score (nSPS) is 14.2. The SMILES string of the molecule is O=C(Cn1nc(-c2ccccc2O)nc1-c1ccccc1O)N1CCOCC1. The van der Waals surface area contributed by atoms with E-state index in [0.29, 0.717) is 43.3 Å². The van der Waals surface area contributed by atoms with E-state index in [2.05, 4.69) is 10.1 Å². The summed E-state index contributed by atoms with van der Waals surface area (Å²) in [4.78, 5) is 18.9. The second-order valence-electron chi connectivity index (χ2n) is 6.44. The van der Waals surface area contributed by atoms with Gasteiger partial charge in [-0.2, -0.15) is 0 Å². The van der Waals surface area contributed by atoms with Gasteiger partial charge in [0.1, 0.15) is 18.0 Å². The molecule has 0 unspecified atom stereocenters. The number of hydrogen-bond acceptors (Lipinski definition) is 6. The van der Waals surface area contributed by atoms with Crippen LogP contribution in [-0.2, 0) is 16.1 Å². The Labute approximate surface area is 161 Å². The third kappa shape index (κ3) is 3.54. The maximum absolute atomic E-state index is 12.7. The van der Waals surface area contributed by atoms with Crippen molar-refractivity contribution in [2.45, 2.75) is 6.54 Å². The molecule has 1 aliphatic rings. The molecule has 1 fully saturated rings. The molecule has 1 saturated heterocycles. The summed E-state index contributed by atoms with van der Waals surface area (Å²) in [7, 11) is 0. The van der Waals surface area contributed by atoms with Crippen molar-refractivity contribution >= 4 is 5.91 Å². The van der Waals surface area contributed by atoms with Crippen molar-refractivity contribution in [2.75, 3.05) is 26.3 Å². The number of phenols is 2. The summed E-state index contributed by atoms with van der Waals surface area (Å²) in [5.41, 5.74) is 0.920. The zero-order chi connectivity index (χ0) is 19.5. The van der Waals surface area contributed by atoms with Crippen molar-refractivity contribution in [2.24, 2.45) is 0 Å². The highest BCUT2D eigenvalue weighted by Gasteiger charge is 2.22. The average molecular weight is 380 g/mol. The van der Waals surface area contributed by atoms with Gasteiger partial charge in [0.2, 0.25) is 5.91 Å². The molecule has 1 aliphatic heterocycles. The van der Waals surface area contributed by atoms with Gasteiger partial charge in [-0.05, 0) is 24.3 Å². The molecule has 2 aromatic carbocycles. The number of aromatic hydroxyl groups is 2. The molecule has 8 nitrogen and oxygen atoms in total. The van der Waals surface area contributed by atoms with Crippen LogP contribution in [0.15, 0.2) is 48.5 Å². The molecule has 1 amide bonds. The highest BCUT2D eigenvalue weighted by atomic mass is 16.5. The van der Waals surface area contributed by atoms with Gasteiger partial charge in [-0.1, -0.05) is 24.3 Å². The Kier molecular flexibility index (Phi) is 4.94. The number of ether oxygens (including phenoxy) is 1. The van der Waals surface area contributed by atoms with Crippen LogP contribution >= 0.6 is 0 Å². The van der Waals surface area contributed by atoms with Crippen LogP contribution < -0.4 is 0 Å². The Balaban J connectivity index is 1.74. The molecule has 0 aliphatic carbocycles. The Bertz CT molecular complexity index is 995. The van der Waals surface area contributed by atoms with Gasteiger partial charge in [0.05, 0.1) is 24.3 Å². The van der Waals surface area contributed by atoms with Crippen LogP contribution in [0.1, 0.15) is 0 Å². The molecule has 8 heteroatoms. The van der Waals surface area contributed by atoms with Crippen LogP contribution in [0.3, 0.4) is 0 Å². The van der Waals surface area contributed by atoms with Gasteiger partial charge in [-0.15, -0.1) is 5.10 Å². The van der Waals surface area contributed by atoms with Gasteiger partial charge >= 0.3 is 0 Å². The number of nitrogens with zero attached hydrogens (tertiary/aromatic N) is 4. The minimum atomic E-state index is -0.103. The summed E-state index contributed by atoms with van der Waals surface area (Å²) in [6.45, 7) is 2.07. The Hall–Kier alpha value is -3.39. The first kappa shape index (κ1) is 18.0. The van der Waals surface area contributed by atoms with Crippen molar-refractivity contribution in [1.82, 2.24) is 19.7 Å². The second-order valence-corrected chi connectivity index (χ2v) is 6.44. The fourth-order valence-electron chi connectivity index (χ4n) is 3.13. The highest BCUT2D eigenvalue weighted by Crippen LogP contribution is 2.32. The Morgan fingerprint density at radius 1 is 0.964 bits per heavy atom. The van der Waals surface area contributed by atoms with Crippen LogP contribution in [0.2, 0.25) is 0 Å². The fourth-order valence-corrected chi connectivity index (χ4v) is 3.13. The van der Waals surface area contributed by atoms with Gasteiger partial charge in [0.25, 0.3) is 0 Å². The molecular formula is C20H20N4O4. The predicted octanol–water partition coefficient (Wildman–Crippen LogP) is 1.88. The first-order chi connectivity index (χ1) is 13.6. The summed E-state index contributed by atoms with van der Waals surface area (Å²) < 4.78 is 6.76. The average Bonchev–Trinajstić information content (AvgIpc) is 3.12. The van der Waals surface area contributed by atoms with E-state index in [4.69, 9.17) is 4.74 Å². The number of aromatic nitrogens is 3. The molecule has 0 radical (unpaired) electrons. The van der Waals surface area contributed by atoms with Crippen molar-refractivity contribution in [3.63, 3.8) is 0 Å². The van der Waals surface area contributed by atoms with E-state index in [-0.39, 0.29) is 29.8 Å². The lowest BCUT2D eigenvalue weighted by atomic mass is 10.2. The van der Waals surface area contributed by atoms with E-state index in [1.54, 1.807) is 53.4 Å². The van der Waals surface area contributed by atoms with Crippen LogP contribution in [-0.4, -0.2) is 62.1 Å². The van der Waals surface area contributed by atoms with E-state index < -0.39 is 0 Å². The Morgan fingerprint density at radius 2 is 1.57 bits per heavy atom. The molecular weight excluding hydrogens is 360 g/mol. The molecule has 28 heavy (non-hydrogen) atoms. The van der Waals surface area contributed by atoms with Gasteiger partial charge in [-0.25, -0.2) is 9.67 Å². The molecule has 144 valence electrons. The maximum atomic E-state index is 12.7. The molecule has 0 saturated carbocycles. The summed E-state index contributed by atoms with van der Waals surface area (Å²) in [5, 5.41) is 24.9. The third-order valence-electron chi connectivity index (χ3n) is 4.61. The summed E-state index contributed by atoms with van der Waals surface area (Å²) in [6.07, 6.45) is 0. The highest BCUT2D eigenvalue weighted by molar-refractivity contribution is 5.77. The number of morpholine rings is 1. The lowest BCUT2D eigenvalue weighted by Gasteiger charge is -2.26. The van der Waals surface area contributed by atoms with Gasteiger partial charge in [0.15, 0.2) is 11.6 Å². The number of carbonyl (C=O) groups excluding carboxylic acids is 1. The monoisotopic (exact) mass is 380 g/mol. The summed E-state index contributed by atoms with van der Waals surface area (Å²) in [6, 6.07) is 13.5. The second kappa shape index (κ2) is 7.69. The first-order valence-corrected chi connectivity index (χ1v) is 9.00. The van der Waals surface area contributed by atoms with E-state index >= 15 is 0 Å². The number of rotatable bonds is 4. The molecule has 0 atom stereocenters. The topological polar surface area (TPSA) is 101 Å². The van der Waals surface area contributed by atoms with Crippen molar-refractivity contribution in [3.8, 4) is 34.3 Å². The van der Waals surface area contributed by atoms with Crippen molar-refractivity contribution in [1.29, 1.82) is 0 Å². The Morgan fingerprint density at radius 3 is 2.21 bits per heavy atom. The molecule has 2 N–H and O–H groups in total. The number of para-hydroxylation sites is 2. The number of hydrogen-bond donors (Lipinski definition) is 2. The van der Waals surface area contributed by atoms with Crippen LogP contribution in [0.25, 0.3) is 22.8 Å². The van der Waals surface area contributed by atoms with E-state index in [1.807, 2.05) is 0 Å². The number of carbonyl (C=O) groups is 1. The third-order valence-corrected chi connectivity index (χ3v) is 4.61. The molecule has 4 rings (SSSR count). The number of phenolic OH excluding ortho intramolecular Hbond substituents is 2. The molecule has 3 aromatic rings. The predicted molar refractivity (Wildman–Crippen MR) is 102 cm³/mol. The maximum Gasteiger partial charge on any atom is 0.244 e. The first-order valence-electron chi connectivity index (χ1n) is 9.00. The summed E-state index contributed by atoms with van der Waals surface area (Å²) >= 11 is 0. The standard InChI is InChI=1S/C20H20N4O4/c25-16-7-3-1-5-14(16)19-21-20(15-6-2-4-8-17(15)26)24(22-19)13-18(27)23-9-11-28-12-10-23/h1-8,25-26H,9-13H2.